The van der Waals surface area contributed by atoms with Gasteiger partial charge in [0.05, 0.1) is 5.69 Å². The van der Waals surface area contributed by atoms with Crippen LogP contribution >= 0.6 is 0 Å². The molecule has 0 unspecified atom stereocenters. The maximum atomic E-state index is 12.8. The molecule has 1 aliphatic rings. The molecule has 1 saturated heterocycles. The first-order chi connectivity index (χ1) is 13.0. The lowest BCUT2D eigenvalue weighted by molar-refractivity contribution is -0.0244. The van der Waals surface area contributed by atoms with Gasteiger partial charge in [-0.1, -0.05) is 18.2 Å². The first-order valence-corrected chi connectivity index (χ1v) is 8.96. The van der Waals surface area contributed by atoms with E-state index in [4.69, 9.17) is 0 Å². The molecule has 0 bridgehead atoms. The maximum absolute atomic E-state index is 12.8. The Balaban J connectivity index is 1.43. The van der Waals surface area contributed by atoms with Crippen LogP contribution in [0.1, 0.15) is 34.5 Å². The van der Waals surface area contributed by atoms with Crippen molar-refractivity contribution in [1.29, 1.82) is 0 Å². The highest BCUT2D eigenvalue weighted by Crippen LogP contribution is 2.32. The van der Waals surface area contributed by atoms with Crippen molar-refractivity contribution < 1.29 is 9.90 Å². The molecule has 1 aliphatic heterocycles. The second-order valence-corrected chi connectivity index (χ2v) is 6.96. The molecular formula is C20H21N5O2. The van der Waals surface area contributed by atoms with E-state index in [1.165, 1.54) is 6.33 Å². The molecule has 3 aromatic rings. The van der Waals surface area contributed by atoms with Crippen LogP contribution in [0.2, 0.25) is 0 Å². The largest absolute Gasteiger partial charge is 0.383 e. The Kier molecular flexibility index (Phi) is 4.45. The predicted octanol–water partition coefficient (Wildman–Crippen LogP) is 2.30. The lowest BCUT2D eigenvalue weighted by Gasteiger charge is -2.37. The summed E-state index contributed by atoms with van der Waals surface area (Å²) in [5, 5.41) is 17.6. The molecule has 0 spiro atoms. The molecule has 0 aliphatic carbocycles. The number of aliphatic hydroxyl groups is 1. The van der Waals surface area contributed by atoms with Crippen molar-refractivity contribution in [2.24, 2.45) is 0 Å². The molecule has 138 valence electrons. The van der Waals surface area contributed by atoms with E-state index in [2.05, 4.69) is 20.2 Å². The predicted molar refractivity (Wildman–Crippen MR) is 99.8 cm³/mol. The molecule has 0 radical (unpaired) electrons. The Morgan fingerprint density at radius 3 is 2.44 bits per heavy atom. The Bertz CT molecular complexity index is 912. The minimum absolute atomic E-state index is 0.0296. The van der Waals surface area contributed by atoms with Crippen molar-refractivity contribution in [2.75, 3.05) is 13.1 Å². The van der Waals surface area contributed by atoms with Gasteiger partial charge in [-0.25, -0.2) is 4.98 Å². The van der Waals surface area contributed by atoms with Crippen LogP contribution in [0.15, 0.2) is 48.9 Å². The van der Waals surface area contributed by atoms with Crippen molar-refractivity contribution in [3.05, 3.63) is 65.7 Å². The molecule has 1 aromatic carbocycles. The minimum Gasteiger partial charge on any atom is -0.383 e. The number of nitrogens with one attached hydrogen (secondary N) is 1. The third kappa shape index (κ3) is 3.46. The molecule has 7 heteroatoms. The molecule has 0 saturated carbocycles. The minimum atomic E-state index is -0.972. The molecule has 7 nitrogen and oxygen atoms in total. The lowest BCUT2D eigenvalue weighted by atomic mass is 9.87. The Morgan fingerprint density at radius 2 is 1.85 bits per heavy atom. The fourth-order valence-corrected chi connectivity index (χ4v) is 3.38. The first kappa shape index (κ1) is 17.4. The Labute approximate surface area is 157 Å². The van der Waals surface area contributed by atoms with E-state index in [1.54, 1.807) is 23.2 Å². The molecule has 1 amide bonds. The van der Waals surface area contributed by atoms with E-state index in [0.29, 0.717) is 43.0 Å². The monoisotopic (exact) mass is 363 g/mol. The van der Waals surface area contributed by atoms with Crippen molar-refractivity contribution in [3.63, 3.8) is 0 Å². The summed E-state index contributed by atoms with van der Waals surface area (Å²) < 4.78 is 0. The second kappa shape index (κ2) is 6.92. The standard InChI is InChI=1S/C20H21N5O2/c1-14-2-7-17(21-12-14)20(27)8-10-25(11-9-20)19(26)16-5-3-15(4-6-16)18-22-13-23-24-18/h2-7,12-13,27H,8-11H2,1H3,(H,22,23,24). The Hall–Kier alpha value is -3.06. The number of nitrogens with zero attached hydrogens (tertiary/aromatic N) is 4. The number of H-pyrrole nitrogens is 1. The molecule has 1 fully saturated rings. The topological polar surface area (TPSA) is 95.0 Å². The van der Waals surface area contributed by atoms with Crippen LogP contribution < -0.4 is 0 Å². The number of pyridine rings is 1. The number of hydrogen-bond donors (Lipinski definition) is 2. The van der Waals surface area contributed by atoms with E-state index in [-0.39, 0.29) is 5.91 Å². The average Bonchev–Trinajstić information content (AvgIpc) is 3.23. The molecule has 2 N–H and O–H groups in total. The Morgan fingerprint density at radius 1 is 1.11 bits per heavy atom. The van der Waals surface area contributed by atoms with Crippen molar-refractivity contribution in [1.82, 2.24) is 25.1 Å². The van der Waals surface area contributed by atoms with Crippen molar-refractivity contribution >= 4 is 5.91 Å². The summed E-state index contributed by atoms with van der Waals surface area (Å²) in [6.45, 7) is 2.96. The third-order valence-corrected chi connectivity index (χ3v) is 5.09. The maximum Gasteiger partial charge on any atom is 0.253 e. The molecule has 3 heterocycles. The van der Waals surface area contributed by atoms with Gasteiger partial charge in [-0.15, -0.1) is 0 Å². The summed E-state index contributed by atoms with van der Waals surface area (Å²) >= 11 is 0. The molecular weight excluding hydrogens is 342 g/mol. The van der Waals surface area contributed by atoms with Gasteiger partial charge in [0.2, 0.25) is 0 Å². The summed E-state index contributed by atoms with van der Waals surface area (Å²) in [6, 6.07) is 11.1. The molecule has 0 atom stereocenters. The number of aryl methyl sites for hydroxylation is 1. The number of aromatic amines is 1. The fraction of sp³-hybridized carbons (Fsp3) is 0.300. The van der Waals surface area contributed by atoms with Gasteiger partial charge in [-0.2, -0.15) is 5.10 Å². The van der Waals surface area contributed by atoms with Crippen LogP contribution in [-0.4, -0.2) is 49.2 Å². The zero-order chi connectivity index (χ0) is 18.9. The van der Waals surface area contributed by atoms with Crippen LogP contribution in [0, 0.1) is 6.92 Å². The van der Waals surface area contributed by atoms with Gasteiger partial charge in [-0.05, 0) is 43.5 Å². The highest BCUT2D eigenvalue weighted by Gasteiger charge is 2.36. The van der Waals surface area contributed by atoms with Crippen LogP contribution in [0.3, 0.4) is 0 Å². The summed E-state index contributed by atoms with van der Waals surface area (Å²) in [5.74, 6) is 0.640. The molecule has 4 rings (SSSR count). The number of likely N-dealkylation sites (tertiary alicyclic amines) is 1. The highest BCUT2D eigenvalue weighted by atomic mass is 16.3. The molecule has 2 aromatic heterocycles. The zero-order valence-electron chi connectivity index (χ0n) is 15.1. The summed E-state index contributed by atoms with van der Waals surface area (Å²) in [5.41, 5.74) is 2.26. The smallest absolute Gasteiger partial charge is 0.253 e. The van der Waals surface area contributed by atoms with Crippen LogP contribution in [0.4, 0.5) is 0 Å². The van der Waals surface area contributed by atoms with Crippen molar-refractivity contribution in [2.45, 2.75) is 25.4 Å². The summed E-state index contributed by atoms with van der Waals surface area (Å²) in [4.78, 5) is 23.0. The number of rotatable bonds is 3. The third-order valence-electron chi connectivity index (χ3n) is 5.09. The second-order valence-electron chi connectivity index (χ2n) is 6.96. The van der Waals surface area contributed by atoms with Crippen LogP contribution in [0.5, 0.6) is 0 Å². The van der Waals surface area contributed by atoms with E-state index >= 15 is 0 Å². The number of carbonyl (C=O) groups excluding carboxylic acids is 1. The van der Waals surface area contributed by atoms with E-state index in [0.717, 1.165) is 11.1 Å². The van der Waals surface area contributed by atoms with Gasteiger partial charge in [0.1, 0.15) is 11.9 Å². The van der Waals surface area contributed by atoms with Gasteiger partial charge < -0.3 is 10.0 Å². The van der Waals surface area contributed by atoms with Gasteiger partial charge in [0, 0.05) is 30.4 Å². The normalized spacial score (nSPS) is 16.3. The average molecular weight is 363 g/mol. The number of piperidine rings is 1. The quantitative estimate of drug-likeness (QED) is 0.744. The van der Waals surface area contributed by atoms with E-state index in [9.17, 15) is 9.90 Å². The SMILES string of the molecule is Cc1ccc(C2(O)CCN(C(=O)c3ccc(-c4ncn[nH]4)cc3)CC2)nc1. The van der Waals surface area contributed by atoms with Crippen molar-refractivity contribution in [3.8, 4) is 11.4 Å². The van der Waals surface area contributed by atoms with E-state index < -0.39 is 5.60 Å². The van der Waals surface area contributed by atoms with Gasteiger partial charge in [0.25, 0.3) is 5.91 Å². The zero-order valence-corrected chi connectivity index (χ0v) is 15.1. The van der Waals surface area contributed by atoms with Gasteiger partial charge >= 0.3 is 0 Å². The number of aromatic nitrogens is 4. The number of amides is 1. The van der Waals surface area contributed by atoms with Crippen LogP contribution in [0.25, 0.3) is 11.4 Å². The summed E-state index contributed by atoms with van der Waals surface area (Å²) in [6.07, 6.45) is 4.17. The highest BCUT2D eigenvalue weighted by molar-refractivity contribution is 5.94. The number of hydrogen-bond acceptors (Lipinski definition) is 5. The van der Waals surface area contributed by atoms with Gasteiger partial charge in [0.15, 0.2) is 5.82 Å². The molecule has 27 heavy (non-hydrogen) atoms. The van der Waals surface area contributed by atoms with Gasteiger partial charge in [-0.3, -0.25) is 14.9 Å². The number of carbonyl (C=O) groups is 1. The summed E-state index contributed by atoms with van der Waals surface area (Å²) in [7, 11) is 0. The van der Waals surface area contributed by atoms with E-state index in [1.807, 2.05) is 31.2 Å². The lowest BCUT2D eigenvalue weighted by Crippen LogP contribution is -2.45. The first-order valence-electron chi connectivity index (χ1n) is 8.96. The number of benzene rings is 1. The fourth-order valence-electron chi connectivity index (χ4n) is 3.38. The van der Waals surface area contributed by atoms with Crippen LogP contribution in [-0.2, 0) is 5.60 Å².